The van der Waals surface area contributed by atoms with Gasteiger partial charge in [-0.2, -0.15) is 0 Å². The summed E-state index contributed by atoms with van der Waals surface area (Å²) in [6.07, 6.45) is 13.2. The molecule has 4 heteroatoms. The van der Waals surface area contributed by atoms with Crippen molar-refractivity contribution in [2.24, 2.45) is 17.8 Å². The van der Waals surface area contributed by atoms with Crippen LogP contribution in [0.25, 0.3) is 0 Å². The Labute approximate surface area is 139 Å². The summed E-state index contributed by atoms with van der Waals surface area (Å²) >= 11 is 0. The number of hydrogen-bond donors (Lipinski definition) is 1. The van der Waals surface area contributed by atoms with Gasteiger partial charge >= 0.3 is 5.97 Å². The average Bonchev–Trinajstić information content (AvgIpc) is 3.03. The van der Waals surface area contributed by atoms with E-state index in [9.17, 15) is 9.59 Å². The Morgan fingerprint density at radius 1 is 0.826 bits per heavy atom. The zero-order valence-corrected chi connectivity index (χ0v) is 14.2. The number of likely N-dealkylation sites (tertiary alicyclic amines) is 1. The standard InChI is InChI=1S/C19H31NO3/c21-18(15-8-10-16(11-9-15)19(22)23)20-12-4-7-17(20)13-14-5-2-1-3-6-14/h14-17H,1-13H2,(H,22,23). The van der Waals surface area contributed by atoms with Gasteiger partial charge in [-0.05, 0) is 50.9 Å². The number of nitrogens with zero attached hydrogens (tertiary/aromatic N) is 1. The minimum Gasteiger partial charge on any atom is -0.481 e. The molecule has 4 nitrogen and oxygen atoms in total. The second-order valence-electron chi connectivity index (χ2n) is 7.95. The van der Waals surface area contributed by atoms with Crippen molar-refractivity contribution in [2.75, 3.05) is 6.54 Å². The highest BCUT2D eigenvalue weighted by Crippen LogP contribution is 2.35. The Hall–Kier alpha value is -1.06. The maximum atomic E-state index is 12.9. The average molecular weight is 321 g/mol. The van der Waals surface area contributed by atoms with Crippen LogP contribution in [0.5, 0.6) is 0 Å². The third kappa shape index (κ3) is 4.07. The van der Waals surface area contributed by atoms with Crippen LogP contribution in [-0.2, 0) is 9.59 Å². The van der Waals surface area contributed by atoms with Gasteiger partial charge in [-0.1, -0.05) is 32.1 Å². The first kappa shape index (κ1) is 16.8. The molecule has 130 valence electrons. The highest BCUT2D eigenvalue weighted by molar-refractivity contribution is 5.80. The predicted octanol–water partition coefficient (Wildman–Crippen LogP) is 3.84. The molecule has 3 aliphatic rings. The van der Waals surface area contributed by atoms with Crippen LogP contribution in [0.4, 0.5) is 0 Å². The van der Waals surface area contributed by atoms with Crippen molar-refractivity contribution >= 4 is 11.9 Å². The van der Waals surface area contributed by atoms with Gasteiger partial charge in [-0.3, -0.25) is 9.59 Å². The number of carbonyl (C=O) groups is 2. The monoisotopic (exact) mass is 321 g/mol. The van der Waals surface area contributed by atoms with Gasteiger partial charge in [0.1, 0.15) is 0 Å². The summed E-state index contributed by atoms with van der Waals surface area (Å²) < 4.78 is 0. The number of carboxylic acids is 1. The number of hydrogen-bond acceptors (Lipinski definition) is 2. The third-order valence-electron chi connectivity index (χ3n) is 6.42. The smallest absolute Gasteiger partial charge is 0.306 e. The molecule has 3 fully saturated rings. The van der Waals surface area contributed by atoms with Crippen molar-refractivity contribution in [3.63, 3.8) is 0 Å². The predicted molar refractivity (Wildman–Crippen MR) is 89.0 cm³/mol. The van der Waals surface area contributed by atoms with E-state index in [1.54, 1.807) is 0 Å². The number of carbonyl (C=O) groups excluding carboxylic acids is 1. The molecule has 1 unspecified atom stereocenters. The largest absolute Gasteiger partial charge is 0.481 e. The molecule has 3 rings (SSSR count). The number of carboxylic acid groups (broad SMARTS) is 1. The molecule has 2 saturated carbocycles. The lowest BCUT2D eigenvalue weighted by atomic mass is 9.81. The van der Waals surface area contributed by atoms with Gasteiger partial charge in [0.05, 0.1) is 5.92 Å². The Morgan fingerprint density at radius 3 is 2.13 bits per heavy atom. The first-order chi connectivity index (χ1) is 11.1. The summed E-state index contributed by atoms with van der Waals surface area (Å²) in [5.74, 6) is 0.317. The summed E-state index contributed by atoms with van der Waals surface area (Å²) in [7, 11) is 0. The molecule has 0 radical (unpaired) electrons. The molecule has 1 amide bonds. The van der Waals surface area contributed by atoms with Gasteiger partial charge in [0.2, 0.25) is 5.91 Å². The lowest BCUT2D eigenvalue weighted by Crippen LogP contribution is -2.42. The van der Waals surface area contributed by atoms with Gasteiger partial charge in [0.15, 0.2) is 0 Å². The van der Waals surface area contributed by atoms with E-state index in [0.29, 0.717) is 24.8 Å². The van der Waals surface area contributed by atoms with E-state index in [2.05, 4.69) is 4.90 Å². The fourth-order valence-electron chi connectivity index (χ4n) is 5.00. The Morgan fingerprint density at radius 2 is 1.48 bits per heavy atom. The fourth-order valence-corrected chi connectivity index (χ4v) is 5.00. The Bertz CT molecular complexity index is 422. The molecule has 1 N–H and O–H groups in total. The molecule has 0 aromatic carbocycles. The van der Waals surface area contributed by atoms with Crippen LogP contribution in [0, 0.1) is 17.8 Å². The van der Waals surface area contributed by atoms with Crippen LogP contribution in [0.2, 0.25) is 0 Å². The molecule has 1 atom stereocenters. The SMILES string of the molecule is O=C(O)C1CCC(C(=O)N2CCCC2CC2CCCCC2)CC1. The van der Waals surface area contributed by atoms with Gasteiger partial charge in [0.25, 0.3) is 0 Å². The highest BCUT2D eigenvalue weighted by atomic mass is 16.4. The molecule has 1 saturated heterocycles. The maximum Gasteiger partial charge on any atom is 0.306 e. The van der Waals surface area contributed by atoms with Crippen LogP contribution in [0.3, 0.4) is 0 Å². The first-order valence-corrected chi connectivity index (χ1v) is 9.68. The van der Waals surface area contributed by atoms with E-state index in [0.717, 1.165) is 31.7 Å². The van der Waals surface area contributed by atoms with E-state index in [4.69, 9.17) is 5.11 Å². The van der Waals surface area contributed by atoms with Crippen LogP contribution in [0.1, 0.15) is 77.0 Å². The van der Waals surface area contributed by atoms with E-state index in [1.807, 2.05) is 0 Å². The van der Waals surface area contributed by atoms with Gasteiger partial charge in [0, 0.05) is 18.5 Å². The zero-order chi connectivity index (χ0) is 16.2. The van der Waals surface area contributed by atoms with Gasteiger partial charge in [-0.15, -0.1) is 0 Å². The number of amides is 1. The van der Waals surface area contributed by atoms with Crippen LogP contribution < -0.4 is 0 Å². The van der Waals surface area contributed by atoms with Crippen molar-refractivity contribution in [2.45, 2.75) is 83.1 Å². The summed E-state index contributed by atoms with van der Waals surface area (Å²) in [6.45, 7) is 0.926. The van der Waals surface area contributed by atoms with Crippen molar-refractivity contribution in [3.8, 4) is 0 Å². The summed E-state index contributed by atoms with van der Waals surface area (Å²) in [5.41, 5.74) is 0. The minimum absolute atomic E-state index is 0.0811. The van der Waals surface area contributed by atoms with E-state index >= 15 is 0 Å². The van der Waals surface area contributed by atoms with E-state index in [-0.39, 0.29) is 11.8 Å². The second kappa shape index (κ2) is 7.67. The van der Waals surface area contributed by atoms with E-state index < -0.39 is 5.97 Å². The van der Waals surface area contributed by atoms with Crippen LogP contribution in [-0.4, -0.2) is 34.5 Å². The second-order valence-corrected chi connectivity index (χ2v) is 7.95. The van der Waals surface area contributed by atoms with Crippen LogP contribution >= 0.6 is 0 Å². The third-order valence-corrected chi connectivity index (χ3v) is 6.42. The Balaban J connectivity index is 1.52. The maximum absolute atomic E-state index is 12.9. The molecular formula is C19H31NO3. The van der Waals surface area contributed by atoms with Crippen molar-refractivity contribution in [1.82, 2.24) is 4.90 Å². The van der Waals surface area contributed by atoms with E-state index in [1.165, 1.54) is 44.9 Å². The summed E-state index contributed by atoms with van der Waals surface area (Å²) in [6, 6.07) is 0.461. The highest BCUT2D eigenvalue weighted by Gasteiger charge is 2.37. The molecule has 0 aromatic heterocycles. The lowest BCUT2D eigenvalue weighted by Gasteiger charge is -2.34. The molecule has 2 aliphatic carbocycles. The van der Waals surface area contributed by atoms with Crippen molar-refractivity contribution in [1.29, 1.82) is 0 Å². The lowest BCUT2D eigenvalue weighted by molar-refractivity contribution is -0.146. The normalized spacial score (nSPS) is 32.9. The molecule has 0 spiro atoms. The first-order valence-electron chi connectivity index (χ1n) is 9.68. The Kier molecular flexibility index (Phi) is 5.60. The molecule has 23 heavy (non-hydrogen) atoms. The quantitative estimate of drug-likeness (QED) is 0.856. The number of aliphatic carboxylic acids is 1. The molecular weight excluding hydrogens is 290 g/mol. The molecule has 1 aliphatic heterocycles. The summed E-state index contributed by atoms with van der Waals surface area (Å²) in [4.78, 5) is 26.1. The van der Waals surface area contributed by atoms with Gasteiger partial charge in [-0.25, -0.2) is 0 Å². The topological polar surface area (TPSA) is 57.6 Å². The number of rotatable bonds is 4. The molecule has 1 heterocycles. The fraction of sp³-hybridized carbons (Fsp3) is 0.895. The molecule has 0 aromatic rings. The summed E-state index contributed by atoms with van der Waals surface area (Å²) in [5, 5.41) is 9.10. The van der Waals surface area contributed by atoms with Crippen LogP contribution in [0.15, 0.2) is 0 Å². The van der Waals surface area contributed by atoms with Gasteiger partial charge < -0.3 is 10.0 Å². The van der Waals surface area contributed by atoms with Crippen molar-refractivity contribution < 1.29 is 14.7 Å². The molecule has 0 bridgehead atoms. The zero-order valence-electron chi connectivity index (χ0n) is 14.2. The van der Waals surface area contributed by atoms with Crippen molar-refractivity contribution in [3.05, 3.63) is 0 Å². The minimum atomic E-state index is -0.688.